The molecule has 9 heteroatoms. The highest BCUT2D eigenvalue weighted by Crippen LogP contribution is 2.23. The quantitative estimate of drug-likeness (QED) is 0.404. The fourth-order valence-corrected chi connectivity index (χ4v) is 4.21. The van der Waals surface area contributed by atoms with Gasteiger partial charge >= 0.3 is 0 Å². The molecule has 0 fully saturated rings. The zero-order chi connectivity index (χ0) is 22.6. The minimum Gasteiger partial charge on any atom is -0.379 e. The average molecular weight is 444 g/mol. The molecule has 0 saturated heterocycles. The molecule has 0 saturated carbocycles. The third-order valence-electron chi connectivity index (χ3n) is 5.88. The summed E-state index contributed by atoms with van der Waals surface area (Å²) in [6.45, 7) is 0.941. The Labute approximate surface area is 190 Å². The lowest BCUT2D eigenvalue weighted by Gasteiger charge is -2.15. The van der Waals surface area contributed by atoms with Crippen LogP contribution in [0.2, 0.25) is 0 Å². The summed E-state index contributed by atoms with van der Waals surface area (Å²) >= 11 is 0. The number of carbonyl (C=O) groups excluding carboxylic acids is 1. The van der Waals surface area contributed by atoms with Gasteiger partial charge in [0.05, 0.1) is 18.4 Å². The van der Waals surface area contributed by atoms with Crippen LogP contribution in [0.15, 0.2) is 66.1 Å². The molecule has 0 bridgehead atoms. The number of hydrogen-bond donors (Lipinski definition) is 2. The first-order chi connectivity index (χ1) is 16.2. The minimum atomic E-state index is -0.565. The van der Waals surface area contributed by atoms with Gasteiger partial charge in [0.2, 0.25) is 5.91 Å². The molecule has 1 aliphatic heterocycles. The fourth-order valence-electron chi connectivity index (χ4n) is 4.21. The lowest BCUT2D eigenvalue weighted by atomic mass is 10.1. The molecule has 1 atom stereocenters. The second-order valence-corrected chi connectivity index (χ2v) is 8.13. The number of fused-ring (bicyclic) bond motifs is 2. The van der Waals surface area contributed by atoms with Crippen LogP contribution in [-0.2, 0) is 24.2 Å². The van der Waals surface area contributed by atoms with Gasteiger partial charge in [0, 0.05) is 25.4 Å². The van der Waals surface area contributed by atoms with Crippen molar-refractivity contribution < 1.29 is 4.79 Å². The number of aromatic nitrogens is 5. The SMILES string of the molecule is O=C(NCc1cn2cnccc2n1)[C@@H]1CCc2ncc(NCCCc3ccccc3)c(=O)n21. The van der Waals surface area contributed by atoms with E-state index in [0.29, 0.717) is 30.9 Å². The molecule has 33 heavy (non-hydrogen) atoms. The largest absolute Gasteiger partial charge is 0.379 e. The summed E-state index contributed by atoms with van der Waals surface area (Å²) in [4.78, 5) is 39.0. The maximum atomic E-state index is 13.1. The molecule has 3 aromatic heterocycles. The van der Waals surface area contributed by atoms with E-state index in [9.17, 15) is 9.59 Å². The Morgan fingerprint density at radius 3 is 2.91 bits per heavy atom. The van der Waals surface area contributed by atoms with E-state index in [0.717, 1.165) is 24.2 Å². The zero-order valence-electron chi connectivity index (χ0n) is 18.1. The Bertz CT molecular complexity index is 1300. The molecule has 5 rings (SSSR count). The summed E-state index contributed by atoms with van der Waals surface area (Å²) in [5, 5.41) is 6.12. The molecule has 0 unspecified atom stereocenters. The number of nitrogens with one attached hydrogen (secondary N) is 2. The van der Waals surface area contributed by atoms with E-state index in [1.807, 2.05) is 24.4 Å². The maximum absolute atomic E-state index is 13.1. The van der Waals surface area contributed by atoms with E-state index >= 15 is 0 Å². The van der Waals surface area contributed by atoms with Crippen LogP contribution in [0.25, 0.3) is 5.65 Å². The zero-order valence-corrected chi connectivity index (χ0v) is 18.1. The number of anilines is 1. The molecule has 9 nitrogen and oxygen atoms in total. The molecule has 4 heterocycles. The van der Waals surface area contributed by atoms with Crippen LogP contribution >= 0.6 is 0 Å². The third kappa shape index (κ3) is 4.48. The Hall–Kier alpha value is -4.01. The topological polar surface area (TPSA) is 106 Å². The van der Waals surface area contributed by atoms with Gasteiger partial charge in [-0.25, -0.2) is 15.0 Å². The molecule has 168 valence electrons. The molecule has 1 aromatic carbocycles. The van der Waals surface area contributed by atoms with Crippen LogP contribution in [0.5, 0.6) is 0 Å². The highest BCUT2D eigenvalue weighted by atomic mass is 16.2. The van der Waals surface area contributed by atoms with Crippen molar-refractivity contribution in [2.75, 3.05) is 11.9 Å². The number of nitrogens with zero attached hydrogens (tertiary/aromatic N) is 5. The highest BCUT2D eigenvalue weighted by Gasteiger charge is 2.31. The van der Waals surface area contributed by atoms with Crippen molar-refractivity contribution >= 4 is 17.2 Å². The van der Waals surface area contributed by atoms with Crippen LogP contribution in [0, 0.1) is 0 Å². The Morgan fingerprint density at radius 2 is 2.06 bits per heavy atom. The van der Waals surface area contributed by atoms with Crippen molar-refractivity contribution in [3.63, 3.8) is 0 Å². The first-order valence-electron chi connectivity index (χ1n) is 11.1. The summed E-state index contributed by atoms with van der Waals surface area (Å²) in [5.74, 6) is 0.447. The van der Waals surface area contributed by atoms with Crippen molar-refractivity contribution in [3.05, 3.63) is 88.8 Å². The van der Waals surface area contributed by atoms with Gasteiger partial charge in [-0.1, -0.05) is 30.3 Å². The fraction of sp³-hybridized carbons (Fsp3) is 0.292. The summed E-state index contributed by atoms with van der Waals surface area (Å²) in [5.41, 5.74) is 3.00. The maximum Gasteiger partial charge on any atom is 0.277 e. The van der Waals surface area contributed by atoms with E-state index in [1.165, 1.54) is 10.1 Å². The number of amides is 1. The number of rotatable bonds is 8. The number of carbonyl (C=O) groups is 1. The molecule has 1 amide bonds. The minimum absolute atomic E-state index is 0.198. The summed E-state index contributed by atoms with van der Waals surface area (Å²) < 4.78 is 3.33. The van der Waals surface area contributed by atoms with E-state index in [2.05, 4.69) is 37.7 Å². The van der Waals surface area contributed by atoms with Crippen molar-refractivity contribution in [1.29, 1.82) is 0 Å². The van der Waals surface area contributed by atoms with Gasteiger partial charge in [-0.2, -0.15) is 0 Å². The molecule has 0 radical (unpaired) electrons. The van der Waals surface area contributed by atoms with E-state index in [4.69, 9.17) is 0 Å². The van der Waals surface area contributed by atoms with E-state index in [1.54, 1.807) is 29.2 Å². The van der Waals surface area contributed by atoms with Gasteiger partial charge < -0.3 is 10.6 Å². The monoisotopic (exact) mass is 443 g/mol. The number of imidazole rings is 1. The first kappa shape index (κ1) is 20.9. The second-order valence-electron chi connectivity index (χ2n) is 8.13. The summed E-state index contributed by atoms with van der Waals surface area (Å²) in [6, 6.07) is 11.5. The normalized spacial score (nSPS) is 14.8. The van der Waals surface area contributed by atoms with Crippen LogP contribution in [-0.4, -0.2) is 36.4 Å². The summed E-state index contributed by atoms with van der Waals surface area (Å²) in [7, 11) is 0. The van der Waals surface area contributed by atoms with Crippen molar-refractivity contribution in [2.24, 2.45) is 0 Å². The van der Waals surface area contributed by atoms with Crippen LogP contribution in [0.1, 0.15) is 36.0 Å². The molecule has 0 spiro atoms. The molecular weight excluding hydrogens is 418 g/mol. The summed E-state index contributed by atoms with van der Waals surface area (Å²) in [6.07, 6.45) is 9.73. The first-order valence-corrected chi connectivity index (χ1v) is 11.1. The van der Waals surface area contributed by atoms with Crippen LogP contribution < -0.4 is 16.2 Å². The highest BCUT2D eigenvalue weighted by molar-refractivity contribution is 5.80. The molecular formula is C24H25N7O2. The van der Waals surface area contributed by atoms with Gasteiger partial charge in [-0.15, -0.1) is 0 Å². The predicted octanol–water partition coefficient (Wildman–Crippen LogP) is 2.13. The number of benzene rings is 1. The van der Waals surface area contributed by atoms with E-state index in [-0.39, 0.29) is 18.0 Å². The average Bonchev–Trinajstić information content (AvgIpc) is 3.46. The molecule has 1 aliphatic rings. The third-order valence-corrected chi connectivity index (χ3v) is 5.88. The van der Waals surface area contributed by atoms with Crippen molar-refractivity contribution in [1.82, 2.24) is 29.2 Å². The van der Waals surface area contributed by atoms with Crippen LogP contribution in [0.4, 0.5) is 5.69 Å². The lowest BCUT2D eigenvalue weighted by molar-refractivity contribution is -0.124. The lowest BCUT2D eigenvalue weighted by Crippen LogP contribution is -2.36. The standard InChI is InChI=1S/C24H25N7O2/c32-23(28-13-18-15-30-16-25-12-10-22(30)29-18)20-8-9-21-27-14-19(24(33)31(20)21)26-11-4-7-17-5-2-1-3-6-17/h1-3,5-6,10,12,14-16,20,26H,4,7-9,11,13H2,(H,28,32)/t20-/m0/s1. The predicted molar refractivity (Wildman–Crippen MR) is 124 cm³/mol. The second kappa shape index (κ2) is 9.23. The number of aryl methyl sites for hydroxylation is 2. The van der Waals surface area contributed by atoms with Crippen molar-refractivity contribution in [2.45, 2.75) is 38.3 Å². The van der Waals surface area contributed by atoms with Gasteiger partial charge in [0.15, 0.2) is 0 Å². The van der Waals surface area contributed by atoms with Gasteiger partial charge in [0.1, 0.15) is 29.5 Å². The molecule has 2 N–H and O–H groups in total. The Morgan fingerprint density at radius 1 is 1.18 bits per heavy atom. The van der Waals surface area contributed by atoms with Crippen LogP contribution in [0.3, 0.4) is 0 Å². The smallest absolute Gasteiger partial charge is 0.277 e. The Balaban J connectivity index is 1.22. The van der Waals surface area contributed by atoms with Crippen molar-refractivity contribution in [3.8, 4) is 0 Å². The molecule has 0 aliphatic carbocycles. The number of hydrogen-bond acceptors (Lipinski definition) is 6. The van der Waals surface area contributed by atoms with Gasteiger partial charge in [-0.05, 0) is 30.9 Å². The Kier molecular flexibility index (Phi) is 5.84. The van der Waals surface area contributed by atoms with Gasteiger partial charge in [0.25, 0.3) is 5.56 Å². The van der Waals surface area contributed by atoms with Gasteiger partial charge in [-0.3, -0.25) is 18.6 Å². The van der Waals surface area contributed by atoms with E-state index < -0.39 is 6.04 Å². The molecule has 4 aromatic rings.